The van der Waals surface area contributed by atoms with Gasteiger partial charge in [0.15, 0.2) is 4.67 Å². The van der Waals surface area contributed by atoms with E-state index in [0.29, 0.717) is 18.8 Å². The van der Waals surface area contributed by atoms with Gasteiger partial charge in [-0.15, -0.1) is 0 Å². The second-order valence-electron chi connectivity index (χ2n) is 5.27. The Labute approximate surface area is 122 Å². The number of hydrogen-bond donors (Lipinski definition) is 2. The lowest BCUT2D eigenvalue weighted by molar-refractivity contribution is 0.463. The van der Waals surface area contributed by atoms with Crippen LogP contribution in [0.2, 0.25) is 0 Å². The van der Waals surface area contributed by atoms with Crippen molar-refractivity contribution >= 4 is 26.0 Å². The summed E-state index contributed by atoms with van der Waals surface area (Å²) < 4.78 is 32.7. The molecular formula is C12H19BrN2O3S. The van der Waals surface area contributed by atoms with Crippen LogP contribution in [0.3, 0.4) is 0 Å². The van der Waals surface area contributed by atoms with Crippen LogP contribution in [0.1, 0.15) is 32.4 Å². The molecule has 0 unspecified atom stereocenters. The first-order valence-electron chi connectivity index (χ1n) is 6.35. The Morgan fingerprint density at radius 3 is 2.74 bits per heavy atom. The van der Waals surface area contributed by atoms with Crippen molar-refractivity contribution in [3.63, 3.8) is 0 Å². The van der Waals surface area contributed by atoms with Gasteiger partial charge >= 0.3 is 0 Å². The highest BCUT2D eigenvalue weighted by Crippen LogP contribution is 2.44. The van der Waals surface area contributed by atoms with Crippen molar-refractivity contribution in [2.75, 3.05) is 13.1 Å². The van der Waals surface area contributed by atoms with Gasteiger partial charge in [0.1, 0.15) is 10.7 Å². The maximum atomic E-state index is 12.2. The molecule has 19 heavy (non-hydrogen) atoms. The number of halogens is 1. The molecule has 0 aliphatic heterocycles. The predicted molar refractivity (Wildman–Crippen MR) is 76.3 cm³/mol. The first-order chi connectivity index (χ1) is 8.86. The Hall–Kier alpha value is -0.370. The second-order valence-corrected chi connectivity index (χ2v) is 7.72. The van der Waals surface area contributed by atoms with E-state index < -0.39 is 10.0 Å². The van der Waals surface area contributed by atoms with Gasteiger partial charge in [0, 0.05) is 12.6 Å². The molecule has 0 aromatic carbocycles. The van der Waals surface area contributed by atoms with Gasteiger partial charge in [0.2, 0.25) is 10.0 Å². The lowest BCUT2D eigenvalue weighted by Crippen LogP contribution is -2.29. The highest BCUT2D eigenvalue weighted by molar-refractivity contribution is 9.10. The Morgan fingerprint density at radius 2 is 2.16 bits per heavy atom. The number of sulfonamides is 1. The topological polar surface area (TPSA) is 71.3 Å². The molecule has 5 nitrogen and oxygen atoms in total. The smallest absolute Gasteiger partial charge is 0.244 e. The van der Waals surface area contributed by atoms with E-state index in [9.17, 15) is 8.42 Å². The minimum absolute atomic E-state index is 0.135. The molecule has 0 spiro atoms. The fraction of sp³-hybridized carbons (Fsp3) is 0.667. The molecule has 0 radical (unpaired) electrons. The van der Waals surface area contributed by atoms with E-state index >= 15 is 0 Å². The quantitative estimate of drug-likeness (QED) is 0.790. The van der Waals surface area contributed by atoms with Crippen molar-refractivity contribution < 1.29 is 12.8 Å². The fourth-order valence-electron chi connectivity index (χ4n) is 1.65. The summed E-state index contributed by atoms with van der Waals surface area (Å²) in [6.07, 6.45) is 2.15. The van der Waals surface area contributed by atoms with E-state index in [1.54, 1.807) is 6.07 Å². The van der Waals surface area contributed by atoms with Crippen LogP contribution in [-0.2, 0) is 16.6 Å². The maximum Gasteiger partial charge on any atom is 0.244 e. The summed E-state index contributed by atoms with van der Waals surface area (Å²) in [4.78, 5) is 0.171. The van der Waals surface area contributed by atoms with Crippen LogP contribution in [-0.4, -0.2) is 21.5 Å². The summed E-state index contributed by atoms with van der Waals surface area (Å²) in [5, 5.41) is 3.09. The van der Waals surface area contributed by atoms with Gasteiger partial charge in [-0.2, -0.15) is 0 Å². The molecule has 1 aliphatic rings. The minimum Gasteiger partial charge on any atom is -0.452 e. The van der Waals surface area contributed by atoms with Gasteiger partial charge in [-0.3, -0.25) is 0 Å². The molecule has 108 valence electrons. The van der Waals surface area contributed by atoms with E-state index in [0.717, 1.165) is 19.4 Å². The number of furan rings is 1. The molecule has 0 bridgehead atoms. The van der Waals surface area contributed by atoms with E-state index in [1.165, 1.54) is 0 Å². The molecule has 0 amide bonds. The zero-order valence-electron chi connectivity index (χ0n) is 11.1. The predicted octanol–water partition coefficient (Wildman–Crippen LogP) is 2.23. The van der Waals surface area contributed by atoms with Crippen LogP contribution in [0.25, 0.3) is 0 Å². The maximum absolute atomic E-state index is 12.2. The molecule has 0 atom stereocenters. The van der Waals surface area contributed by atoms with E-state index in [1.807, 2.05) is 6.92 Å². The molecule has 1 saturated carbocycles. The summed E-state index contributed by atoms with van der Waals surface area (Å²) in [5.74, 6) is 0.603. The number of nitrogens with one attached hydrogen (secondary N) is 2. The van der Waals surface area contributed by atoms with E-state index in [2.05, 4.69) is 32.9 Å². The zero-order valence-corrected chi connectivity index (χ0v) is 13.5. The van der Waals surface area contributed by atoms with Crippen LogP contribution < -0.4 is 10.0 Å². The van der Waals surface area contributed by atoms with Gasteiger partial charge in [-0.1, -0.05) is 13.8 Å². The lowest BCUT2D eigenvalue weighted by atomic mass is 10.2. The van der Waals surface area contributed by atoms with Crippen molar-refractivity contribution in [1.29, 1.82) is 0 Å². The van der Waals surface area contributed by atoms with Crippen LogP contribution in [0.4, 0.5) is 0 Å². The first kappa shape index (κ1) is 15.0. The molecule has 7 heteroatoms. The van der Waals surface area contributed by atoms with E-state index in [4.69, 9.17) is 4.42 Å². The molecule has 2 N–H and O–H groups in total. The number of hydrogen-bond acceptors (Lipinski definition) is 4. The summed E-state index contributed by atoms with van der Waals surface area (Å²) in [6.45, 7) is 5.86. The van der Waals surface area contributed by atoms with Crippen molar-refractivity contribution in [3.8, 4) is 0 Å². The van der Waals surface area contributed by atoms with E-state index in [-0.39, 0.29) is 15.0 Å². The average Bonchev–Trinajstić information content (AvgIpc) is 2.96. The molecular weight excluding hydrogens is 332 g/mol. The Bertz CT molecular complexity index is 549. The second kappa shape index (κ2) is 5.55. The van der Waals surface area contributed by atoms with Crippen LogP contribution >= 0.6 is 15.9 Å². The Kier molecular flexibility index (Phi) is 4.39. The molecule has 1 heterocycles. The molecule has 1 aromatic heterocycles. The third kappa shape index (κ3) is 3.81. The monoisotopic (exact) mass is 350 g/mol. The van der Waals surface area contributed by atoms with Gasteiger partial charge < -0.3 is 9.73 Å². The van der Waals surface area contributed by atoms with Crippen LogP contribution in [0.15, 0.2) is 20.0 Å². The molecule has 1 aliphatic carbocycles. The average molecular weight is 351 g/mol. The molecule has 2 rings (SSSR count). The van der Waals surface area contributed by atoms with Gasteiger partial charge in [-0.25, -0.2) is 13.1 Å². The van der Waals surface area contributed by atoms with Crippen LogP contribution in [0, 0.1) is 5.41 Å². The Balaban J connectivity index is 2.08. The zero-order chi connectivity index (χ0) is 14.1. The third-order valence-corrected chi connectivity index (χ3v) is 5.60. The summed E-state index contributed by atoms with van der Waals surface area (Å²) in [7, 11) is -3.51. The molecule has 0 saturated heterocycles. The summed E-state index contributed by atoms with van der Waals surface area (Å²) in [5.41, 5.74) is 0.135. The first-order valence-corrected chi connectivity index (χ1v) is 8.62. The van der Waals surface area contributed by atoms with Crippen molar-refractivity contribution in [2.45, 2.75) is 38.1 Å². The minimum atomic E-state index is -3.51. The normalized spacial score (nSPS) is 17.6. The highest BCUT2D eigenvalue weighted by atomic mass is 79.9. The van der Waals surface area contributed by atoms with Gasteiger partial charge in [0.25, 0.3) is 0 Å². The van der Waals surface area contributed by atoms with Gasteiger partial charge in [-0.05, 0) is 40.7 Å². The SMILES string of the molecule is CCNCc1cc(S(=O)(=O)NCC2(C)CC2)c(Br)o1. The largest absolute Gasteiger partial charge is 0.452 e. The van der Waals surface area contributed by atoms with Crippen LogP contribution in [0.5, 0.6) is 0 Å². The highest BCUT2D eigenvalue weighted by Gasteiger charge is 2.38. The molecule has 1 aromatic rings. The number of rotatable bonds is 7. The van der Waals surface area contributed by atoms with Crippen molar-refractivity contribution in [2.24, 2.45) is 5.41 Å². The van der Waals surface area contributed by atoms with Gasteiger partial charge in [0.05, 0.1) is 6.54 Å². The van der Waals surface area contributed by atoms with Crippen molar-refractivity contribution in [1.82, 2.24) is 10.0 Å². The fourth-order valence-corrected chi connectivity index (χ4v) is 3.85. The lowest BCUT2D eigenvalue weighted by Gasteiger charge is -2.09. The third-order valence-electron chi connectivity index (χ3n) is 3.34. The summed E-state index contributed by atoms with van der Waals surface area (Å²) in [6, 6.07) is 1.56. The summed E-state index contributed by atoms with van der Waals surface area (Å²) >= 11 is 3.17. The Morgan fingerprint density at radius 1 is 1.47 bits per heavy atom. The standard InChI is InChI=1S/C12H19BrN2O3S/c1-3-14-7-9-6-10(11(13)18-9)19(16,17)15-8-12(2)4-5-12/h6,14-15H,3-5,7-8H2,1-2H3. The molecule has 1 fully saturated rings. The van der Waals surface area contributed by atoms with Crippen molar-refractivity contribution in [3.05, 3.63) is 16.5 Å².